The van der Waals surface area contributed by atoms with Crippen molar-refractivity contribution in [3.05, 3.63) is 7.43 Å². The molecule has 1 N–H and O–H groups in total. The third kappa shape index (κ3) is 1.57. The van der Waals surface area contributed by atoms with Crippen molar-refractivity contribution in [2.75, 3.05) is 6.54 Å². The number of carbonyl (C=O) groups is 1. The Kier molecular flexibility index (Phi) is 2.41. The molecular weight excluding hydrogens is 90.1 g/mol. The van der Waals surface area contributed by atoms with Gasteiger partial charge in [-0.1, -0.05) is 0 Å². The van der Waals surface area contributed by atoms with Crippen molar-refractivity contribution in [2.45, 2.75) is 12.8 Å². The first-order chi connectivity index (χ1) is 2.89. The highest BCUT2D eigenvalue weighted by atomic mass is 16.1. The Bertz CT molecular complexity index is 62.5. The Labute approximate surface area is 43.9 Å². The molecule has 1 fully saturated rings. The Morgan fingerprint density at radius 2 is 2.29 bits per heavy atom. The zero-order chi connectivity index (χ0) is 4.41. The standard InChI is InChI=1S/C4H7NO.CH/c6-4-2-1-3-5-4;/h1-3H2,(H,5,6);1H. The van der Waals surface area contributed by atoms with Crippen LogP contribution in [0.2, 0.25) is 0 Å². The van der Waals surface area contributed by atoms with E-state index < -0.39 is 0 Å². The van der Waals surface area contributed by atoms with E-state index in [9.17, 15) is 4.79 Å². The number of hydrogen-bond donors (Lipinski definition) is 1. The van der Waals surface area contributed by atoms with Gasteiger partial charge >= 0.3 is 0 Å². The summed E-state index contributed by atoms with van der Waals surface area (Å²) in [6.45, 7) is 0.888. The second-order valence-electron chi connectivity index (χ2n) is 1.45. The normalized spacial score (nSPS) is 18.0. The van der Waals surface area contributed by atoms with Gasteiger partial charge in [0.05, 0.1) is 0 Å². The summed E-state index contributed by atoms with van der Waals surface area (Å²) in [4.78, 5) is 10.1. The Balaban J connectivity index is 0.000000360. The minimum atomic E-state index is 0. The lowest BCUT2D eigenvalue weighted by Gasteiger charge is -1.80. The summed E-state index contributed by atoms with van der Waals surface area (Å²) >= 11 is 0. The number of carbonyl (C=O) groups excluding carboxylic acids is 1. The Morgan fingerprint density at radius 1 is 1.57 bits per heavy atom. The average Bonchev–Trinajstić information content (AvgIpc) is 1.86. The van der Waals surface area contributed by atoms with E-state index in [1.54, 1.807) is 0 Å². The summed E-state index contributed by atoms with van der Waals surface area (Å²) in [5.74, 6) is 0.204. The van der Waals surface area contributed by atoms with Crippen LogP contribution in [0, 0.1) is 7.43 Å². The molecule has 0 aromatic rings. The van der Waals surface area contributed by atoms with E-state index in [0.717, 1.165) is 19.4 Å². The zero-order valence-electron chi connectivity index (χ0n) is 4.11. The molecule has 3 radical (unpaired) electrons. The molecule has 2 nitrogen and oxygen atoms in total. The second-order valence-corrected chi connectivity index (χ2v) is 1.45. The molecule has 0 unspecified atom stereocenters. The van der Waals surface area contributed by atoms with E-state index in [0.29, 0.717) is 0 Å². The summed E-state index contributed by atoms with van der Waals surface area (Å²) in [6.07, 6.45) is 1.76. The van der Waals surface area contributed by atoms with Gasteiger partial charge in [0.1, 0.15) is 0 Å². The van der Waals surface area contributed by atoms with Crippen molar-refractivity contribution in [1.29, 1.82) is 0 Å². The van der Waals surface area contributed by atoms with Crippen LogP contribution in [0.1, 0.15) is 12.8 Å². The van der Waals surface area contributed by atoms with E-state index in [4.69, 9.17) is 0 Å². The van der Waals surface area contributed by atoms with Crippen molar-refractivity contribution in [3.8, 4) is 0 Å². The van der Waals surface area contributed by atoms with Gasteiger partial charge < -0.3 is 5.32 Å². The van der Waals surface area contributed by atoms with Crippen LogP contribution in [0.3, 0.4) is 0 Å². The van der Waals surface area contributed by atoms with E-state index in [1.165, 1.54) is 0 Å². The number of rotatable bonds is 0. The Morgan fingerprint density at radius 3 is 2.43 bits per heavy atom. The maximum absolute atomic E-state index is 10.1. The van der Waals surface area contributed by atoms with Crippen LogP contribution in [0.25, 0.3) is 0 Å². The maximum Gasteiger partial charge on any atom is 0.220 e. The number of amides is 1. The zero-order valence-corrected chi connectivity index (χ0v) is 4.11. The smallest absolute Gasteiger partial charge is 0.220 e. The quantitative estimate of drug-likeness (QED) is 0.457. The molecule has 1 amide bonds. The minimum absolute atomic E-state index is 0. The molecule has 0 aromatic carbocycles. The van der Waals surface area contributed by atoms with Gasteiger partial charge in [-0.25, -0.2) is 0 Å². The summed E-state index contributed by atoms with van der Waals surface area (Å²) in [5, 5.41) is 2.68. The number of nitrogens with one attached hydrogen (secondary N) is 1. The third-order valence-electron chi connectivity index (χ3n) is 0.903. The molecule has 0 spiro atoms. The van der Waals surface area contributed by atoms with Crippen LogP contribution in [-0.4, -0.2) is 12.5 Å². The van der Waals surface area contributed by atoms with Gasteiger partial charge in [0.15, 0.2) is 0 Å². The van der Waals surface area contributed by atoms with Crippen molar-refractivity contribution < 1.29 is 4.79 Å². The van der Waals surface area contributed by atoms with Crippen LogP contribution >= 0.6 is 0 Å². The molecule has 2 heteroatoms. The largest absolute Gasteiger partial charge is 0.356 e. The fourth-order valence-electron chi connectivity index (χ4n) is 0.565. The van der Waals surface area contributed by atoms with Gasteiger partial charge in [0.25, 0.3) is 0 Å². The molecule has 1 heterocycles. The van der Waals surface area contributed by atoms with Crippen LogP contribution in [0.4, 0.5) is 0 Å². The third-order valence-corrected chi connectivity index (χ3v) is 0.903. The molecule has 0 aliphatic carbocycles. The van der Waals surface area contributed by atoms with Crippen molar-refractivity contribution in [1.82, 2.24) is 5.32 Å². The summed E-state index contributed by atoms with van der Waals surface area (Å²) in [6, 6.07) is 0. The molecule has 0 saturated carbocycles. The maximum atomic E-state index is 10.1. The fourth-order valence-corrected chi connectivity index (χ4v) is 0.565. The fraction of sp³-hybridized carbons (Fsp3) is 0.600. The molecule has 1 rings (SSSR count). The summed E-state index contributed by atoms with van der Waals surface area (Å²) in [7, 11) is 0. The SMILES string of the molecule is O=C1CCCN1.[CH]. The lowest BCUT2D eigenvalue weighted by molar-refractivity contribution is -0.119. The minimum Gasteiger partial charge on any atom is -0.356 e. The summed E-state index contributed by atoms with van der Waals surface area (Å²) in [5.41, 5.74) is 0. The van der Waals surface area contributed by atoms with Gasteiger partial charge in [-0.05, 0) is 13.8 Å². The summed E-state index contributed by atoms with van der Waals surface area (Å²) < 4.78 is 0. The molecule has 1 saturated heterocycles. The molecule has 1 aliphatic heterocycles. The predicted molar refractivity (Wildman–Crippen MR) is 26.5 cm³/mol. The lowest BCUT2D eigenvalue weighted by Crippen LogP contribution is -2.12. The predicted octanol–water partition coefficient (Wildman–Crippen LogP) is 0.101. The van der Waals surface area contributed by atoms with Crippen LogP contribution < -0.4 is 5.32 Å². The van der Waals surface area contributed by atoms with Crippen molar-refractivity contribution >= 4 is 5.91 Å². The molecule has 0 bridgehead atoms. The topological polar surface area (TPSA) is 29.1 Å². The van der Waals surface area contributed by atoms with Crippen LogP contribution in [0.5, 0.6) is 0 Å². The van der Waals surface area contributed by atoms with E-state index >= 15 is 0 Å². The molecular formula is C5H8NO. The van der Waals surface area contributed by atoms with Gasteiger partial charge in [-0.3, -0.25) is 4.79 Å². The molecule has 0 aromatic heterocycles. The van der Waals surface area contributed by atoms with Crippen LogP contribution in [-0.2, 0) is 4.79 Å². The highest BCUT2D eigenvalue weighted by Crippen LogP contribution is 1.93. The first-order valence-electron chi connectivity index (χ1n) is 2.16. The lowest BCUT2D eigenvalue weighted by atomic mass is 10.4. The molecule has 39 valence electrons. The second kappa shape index (κ2) is 2.61. The van der Waals surface area contributed by atoms with Crippen molar-refractivity contribution in [3.63, 3.8) is 0 Å². The van der Waals surface area contributed by atoms with Crippen molar-refractivity contribution in [2.24, 2.45) is 0 Å². The van der Waals surface area contributed by atoms with Gasteiger partial charge in [-0.2, -0.15) is 0 Å². The highest BCUT2D eigenvalue weighted by molar-refractivity contribution is 5.77. The Hall–Kier alpha value is -0.530. The molecule has 1 aliphatic rings. The highest BCUT2D eigenvalue weighted by Gasteiger charge is 2.05. The number of hydrogen-bond acceptors (Lipinski definition) is 1. The molecule has 0 atom stereocenters. The van der Waals surface area contributed by atoms with Gasteiger partial charge in [0.2, 0.25) is 5.91 Å². The average molecular weight is 98.1 g/mol. The van der Waals surface area contributed by atoms with E-state index in [2.05, 4.69) is 5.32 Å². The van der Waals surface area contributed by atoms with Gasteiger partial charge in [-0.15, -0.1) is 0 Å². The first-order valence-corrected chi connectivity index (χ1v) is 2.16. The van der Waals surface area contributed by atoms with Gasteiger partial charge in [0, 0.05) is 13.0 Å². The molecule has 7 heavy (non-hydrogen) atoms. The monoisotopic (exact) mass is 98.1 g/mol. The van der Waals surface area contributed by atoms with E-state index in [-0.39, 0.29) is 13.3 Å². The van der Waals surface area contributed by atoms with E-state index in [1.807, 2.05) is 0 Å². The van der Waals surface area contributed by atoms with Crippen LogP contribution in [0.15, 0.2) is 0 Å². The first kappa shape index (κ1) is 6.47.